The van der Waals surface area contributed by atoms with Gasteiger partial charge in [-0.05, 0) is 24.3 Å². The number of hydrogen-bond acceptors (Lipinski definition) is 6. The van der Waals surface area contributed by atoms with Crippen molar-refractivity contribution in [3.05, 3.63) is 48.2 Å². The Bertz CT molecular complexity index is 860. The Morgan fingerprint density at radius 3 is 2.52 bits per heavy atom. The molecule has 2 aromatic rings. The molecule has 1 aliphatic rings. The standard InChI is InChI=1S/C17H19N3O4S/c1-25(22,23)15-5-3-2-4-14(15)17(21)19-16-7-6-13(12-18-16)20-8-10-24-11-9-20/h2-7,12H,8-11H2,1H3,(H,18,19,21). The van der Waals surface area contributed by atoms with E-state index in [9.17, 15) is 13.2 Å². The number of morpholine rings is 1. The van der Waals surface area contributed by atoms with Gasteiger partial charge in [0, 0.05) is 19.3 Å². The second kappa shape index (κ2) is 7.20. The van der Waals surface area contributed by atoms with Gasteiger partial charge in [0.1, 0.15) is 5.82 Å². The maximum Gasteiger partial charge on any atom is 0.258 e. The number of nitrogens with one attached hydrogen (secondary N) is 1. The maximum atomic E-state index is 12.4. The molecule has 0 unspecified atom stereocenters. The van der Waals surface area contributed by atoms with Crippen molar-refractivity contribution in [3.8, 4) is 0 Å². The number of rotatable bonds is 4. The Morgan fingerprint density at radius 1 is 1.16 bits per heavy atom. The van der Waals surface area contributed by atoms with Crippen molar-refractivity contribution in [1.29, 1.82) is 0 Å². The lowest BCUT2D eigenvalue weighted by molar-refractivity contribution is 0.102. The number of ether oxygens (including phenoxy) is 1. The van der Waals surface area contributed by atoms with Crippen LogP contribution in [0.4, 0.5) is 11.5 Å². The van der Waals surface area contributed by atoms with Crippen LogP contribution in [0.25, 0.3) is 0 Å². The van der Waals surface area contributed by atoms with Crippen LogP contribution in [0.15, 0.2) is 47.5 Å². The number of carbonyl (C=O) groups is 1. The Labute approximate surface area is 146 Å². The molecule has 1 amide bonds. The van der Waals surface area contributed by atoms with Gasteiger partial charge in [-0.1, -0.05) is 12.1 Å². The summed E-state index contributed by atoms with van der Waals surface area (Å²) in [6.45, 7) is 2.96. The second-order valence-electron chi connectivity index (χ2n) is 5.72. The smallest absolute Gasteiger partial charge is 0.258 e. The first-order chi connectivity index (χ1) is 11.9. The number of pyridine rings is 1. The first-order valence-corrected chi connectivity index (χ1v) is 9.73. The molecule has 2 heterocycles. The number of anilines is 2. The summed E-state index contributed by atoms with van der Waals surface area (Å²) in [6.07, 6.45) is 2.76. The summed E-state index contributed by atoms with van der Waals surface area (Å²) in [5.74, 6) is -0.141. The molecule has 1 saturated heterocycles. The zero-order chi connectivity index (χ0) is 17.9. The van der Waals surface area contributed by atoms with Crippen molar-refractivity contribution < 1.29 is 17.9 Å². The van der Waals surface area contributed by atoms with E-state index in [1.54, 1.807) is 24.4 Å². The van der Waals surface area contributed by atoms with Crippen molar-refractivity contribution in [2.45, 2.75) is 4.90 Å². The van der Waals surface area contributed by atoms with Crippen molar-refractivity contribution in [2.24, 2.45) is 0 Å². The van der Waals surface area contributed by atoms with Gasteiger partial charge < -0.3 is 15.0 Å². The van der Waals surface area contributed by atoms with Crippen LogP contribution in [0.3, 0.4) is 0 Å². The summed E-state index contributed by atoms with van der Waals surface area (Å²) >= 11 is 0. The zero-order valence-corrected chi connectivity index (χ0v) is 14.6. The fraction of sp³-hybridized carbons (Fsp3) is 0.294. The Balaban J connectivity index is 1.76. The second-order valence-corrected chi connectivity index (χ2v) is 7.71. The molecule has 1 aliphatic heterocycles. The van der Waals surface area contributed by atoms with E-state index >= 15 is 0 Å². The van der Waals surface area contributed by atoms with Crippen LogP contribution in [0.2, 0.25) is 0 Å². The lowest BCUT2D eigenvalue weighted by Crippen LogP contribution is -2.36. The molecule has 0 atom stereocenters. The van der Waals surface area contributed by atoms with E-state index in [1.807, 2.05) is 6.07 Å². The first kappa shape index (κ1) is 17.4. The largest absolute Gasteiger partial charge is 0.378 e. The third kappa shape index (κ3) is 4.15. The lowest BCUT2D eigenvalue weighted by atomic mass is 10.2. The highest BCUT2D eigenvalue weighted by Gasteiger charge is 2.18. The van der Waals surface area contributed by atoms with Gasteiger partial charge in [0.25, 0.3) is 5.91 Å². The fourth-order valence-corrected chi connectivity index (χ4v) is 3.52. The summed E-state index contributed by atoms with van der Waals surface area (Å²) < 4.78 is 29.0. The Hall–Kier alpha value is -2.45. The minimum atomic E-state index is -3.49. The predicted molar refractivity (Wildman–Crippen MR) is 94.8 cm³/mol. The molecule has 0 saturated carbocycles. The molecule has 1 aromatic carbocycles. The van der Waals surface area contributed by atoms with E-state index in [1.165, 1.54) is 12.1 Å². The molecule has 25 heavy (non-hydrogen) atoms. The van der Waals surface area contributed by atoms with Crippen LogP contribution in [0.5, 0.6) is 0 Å². The van der Waals surface area contributed by atoms with Crippen molar-refractivity contribution in [1.82, 2.24) is 4.98 Å². The summed E-state index contributed by atoms with van der Waals surface area (Å²) in [5.41, 5.74) is 1.06. The van der Waals surface area contributed by atoms with E-state index in [2.05, 4.69) is 15.2 Å². The SMILES string of the molecule is CS(=O)(=O)c1ccccc1C(=O)Nc1ccc(N2CCOCC2)cn1. The lowest BCUT2D eigenvalue weighted by Gasteiger charge is -2.28. The molecule has 0 bridgehead atoms. The zero-order valence-electron chi connectivity index (χ0n) is 13.8. The molecule has 3 rings (SSSR count). The van der Waals surface area contributed by atoms with E-state index < -0.39 is 15.7 Å². The average Bonchev–Trinajstić information content (AvgIpc) is 2.62. The van der Waals surface area contributed by atoms with Crippen LogP contribution in [0.1, 0.15) is 10.4 Å². The van der Waals surface area contributed by atoms with Crippen molar-refractivity contribution in [3.63, 3.8) is 0 Å². The van der Waals surface area contributed by atoms with E-state index in [0.29, 0.717) is 19.0 Å². The monoisotopic (exact) mass is 361 g/mol. The first-order valence-electron chi connectivity index (χ1n) is 7.84. The van der Waals surface area contributed by atoms with Gasteiger partial charge >= 0.3 is 0 Å². The number of amides is 1. The van der Waals surface area contributed by atoms with Crippen LogP contribution >= 0.6 is 0 Å². The quantitative estimate of drug-likeness (QED) is 0.889. The Morgan fingerprint density at radius 2 is 1.88 bits per heavy atom. The fourth-order valence-electron chi connectivity index (χ4n) is 2.63. The Kier molecular flexibility index (Phi) is 5.00. The van der Waals surface area contributed by atoms with Gasteiger partial charge in [-0.25, -0.2) is 13.4 Å². The summed E-state index contributed by atoms with van der Waals surface area (Å²) in [7, 11) is -3.49. The topological polar surface area (TPSA) is 88.6 Å². The molecule has 1 aromatic heterocycles. The van der Waals surface area contributed by atoms with Gasteiger partial charge in [-0.2, -0.15) is 0 Å². The molecular formula is C17H19N3O4S. The van der Waals surface area contributed by atoms with E-state index in [4.69, 9.17) is 4.74 Å². The molecule has 8 heteroatoms. The van der Waals surface area contributed by atoms with Crippen LogP contribution < -0.4 is 10.2 Å². The summed E-state index contributed by atoms with van der Waals surface area (Å²) in [6, 6.07) is 9.68. The van der Waals surface area contributed by atoms with Gasteiger partial charge in [0.05, 0.1) is 35.6 Å². The summed E-state index contributed by atoms with van der Waals surface area (Å²) in [4.78, 5) is 18.8. The third-order valence-electron chi connectivity index (χ3n) is 3.90. The maximum absolute atomic E-state index is 12.4. The number of benzene rings is 1. The number of sulfone groups is 1. The predicted octanol–water partition coefficient (Wildman–Crippen LogP) is 1.57. The van der Waals surface area contributed by atoms with E-state index in [-0.39, 0.29) is 10.5 Å². The minimum absolute atomic E-state index is 0.00237. The molecule has 0 spiro atoms. The number of carbonyl (C=O) groups excluding carboxylic acids is 1. The van der Waals surface area contributed by atoms with Crippen LogP contribution in [0, 0.1) is 0 Å². The third-order valence-corrected chi connectivity index (χ3v) is 5.05. The molecule has 1 N–H and O–H groups in total. The number of aromatic nitrogens is 1. The highest BCUT2D eigenvalue weighted by molar-refractivity contribution is 7.90. The molecular weight excluding hydrogens is 342 g/mol. The molecule has 7 nitrogen and oxygen atoms in total. The highest BCUT2D eigenvalue weighted by atomic mass is 32.2. The van der Waals surface area contributed by atoms with Gasteiger partial charge in [-0.3, -0.25) is 4.79 Å². The molecule has 0 radical (unpaired) electrons. The molecule has 0 aliphatic carbocycles. The molecule has 1 fully saturated rings. The van der Waals surface area contributed by atoms with Gasteiger partial charge in [0.2, 0.25) is 0 Å². The highest BCUT2D eigenvalue weighted by Crippen LogP contribution is 2.19. The van der Waals surface area contributed by atoms with Crippen LogP contribution in [-0.2, 0) is 14.6 Å². The van der Waals surface area contributed by atoms with Crippen molar-refractivity contribution in [2.75, 3.05) is 42.8 Å². The number of hydrogen-bond donors (Lipinski definition) is 1. The minimum Gasteiger partial charge on any atom is -0.378 e. The van der Waals surface area contributed by atoms with Crippen LogP contribution in [-0.4, -0.2) is 51.9 Å². The molecule has 132 valence electrons. The number of nitrogens with zero attached hydrogens (tertiary/aromatic N) is 2. The summed E-state index contributed by atoms with van der Waals surface area (Å²) in [5, 5.41) is 2.64. The van der Waals surface area contributed by atoms with E-state index in [0.717, 1.165) is 25.0 Å². The van der Waals surface area contributed by atoms with Gasteiger partial charge in [-0.15, -0.1) is 0 Å². The average molecular weight is 361 g/mol. The van der Waals surface area contributed by atoms with Crippen molar-refractivity contribution >= 4 is 27.2 Å². The normalized spacial score (nSPS) is 15.0. The van der Waals surface area contributed by atoms with Gasteiger partial charge in [0.15, 0.2) is 9.84 Å².